The van der Waals surface area contributed by atoms with Gasteiger partial charge in [0.1, 0.15) is 0 Å². The molecule has 0 amide bonds. The molecule has 0 bridgehead atoms. The van der Waals surface area contributed by atoms with Gasteiger partial charge in [0, 0.05) is 30.9 Å². The number of hydrogen-bond acceptors (Lipinski definition) is 5. The number of aromatic amines is 1. The minimum atomic E-state index is -0.0829. The Morgan fingerprint density at radius 1 is 1.54 bits per heavy atom. The second kappa shape index (κ2) is 3.47. The highest BCUT2D eigenvalue weighted by atomic mass is 32.1. The second-order valence-corrected chi connectivity index (χ2v) is 3.83. The third-order valence-corrected chi connectivity index (χ3v) is 2.85. The lowest BCUT2D eigenvalue weighted by molar-refractivity contribution is 0.498. The molecule has 1 aliphatic rings. The van der Waals surface area contributed by atoms with Crippen molar-refractivity contribution >= 4 is 17.5 Å². The molecule has 1 aromatic heterocycles. The van der Waals surface area contributed by atoms with Crippen LogP contribution in [-0.4, -0.2) is 27.9 Å². The Kier molecular flexibility index (Phi) is 2.32. The van der Waals surface area contributed by atoms with E-state index in [2.05, 4.69) is 8.75 Å². The van der Waals surface area contributed by atoms with Crippen LogP contribution in [0.5, 0.6) is 0 Å². The average molecular weight is 200 g/mol. The topological polar surface area (TPSA) is 75.0 Å². The first-order valence-electron chi connectivity index (χ1n) is 4.32. The number of rotatable bonds is 1. The molecule has 0 spiro atoms. The number of anilines is 1. The summed E-state index contributed by atoms with van der Waals surface area (Å²) in [7, 11) is 0. The van der Waals surface area contributed by atoms with Gasteiger partial charge in [-0.2, -0.15) is 4.37 Å². The van der Waals surface area contributed by atoms with Crippen LogP contribution < -0.4 is 16.2 Å². The minimum Gasteiger partial charge on any atom is -0.351 e. The predicted octanol–water partition coefficient (Wildman–Crippen LogP) is -0.241. The monoisotopic (exact) mass is 200 g/mol. The number of aromatic nitrogens is 2. The number of H-pyrrole nitrogens is 1. The van der Waals surface area contributed by atoms with Crippen molar-refractivity contribution in [2.75, 3.05) is 18.0 Å². The number of nitrogens with two attached hydrogens (primary N) is 1. The molecule has 0 aromatic carbocycles. The van der Waals surface area contributed by atoms with E-state index in [1.807, 2.05) is 4.90 Å². The Hall–Kier alpha value is -0.880. The zero-order valence-corrected chi connectivity index (χ0v) is 8.01. The molecular formula is C7H12N4OS. The third kappa shape index (κ3) is 1.73. The predicted molar refractivity (Wildman–Crippen MR) is 52.2 cm³/mol. The number of nitrogens with one attached hydrogen (secondary N) is 1. The fourth-order valence-electron chi connectivity index (χ4n) is 1.51. The highest BCUT2D eigenvalue weighted by Gasteiger charge is 2.19. The molecule has 72 valence electrons. The molecule has 0 saturated carbocycles. The van der Waals surface area contributed by atoms with E-state index in [1.54, 1.807) is 0 Å². The normalized spacial score (nSPS) is 19.3. The SMILES string of the molecule is NC1CCN(c2ns[nH]c2=O)CC1. The second-order valence-electron chi connectivity index (χ2n) is 3.26. The smallest absolute Gasteiger partial charge is 0.302 e. The summed E-state index contributed by atoms with van der Waals surface area (Å²) in [6.45, 7) is 1.68. The molecule has 0 radical (unpaired) electrons. The average Bonchev–Trinajstić information content (AvgIpc) is 2.53. The lowest BCUT2D eigenvalue weighted by Gasteiger charge is -2.29. The molecule has 0 unspecified atom stereocenters. The van der Waals surface area contributed by atoms with Crippen molar-refractivity contribution < 1.29 is 0 Å². The molecule has 3 N–H and O–H groups in total. The first-order chi connectivity index (χ1) is 6.27. The van der Waals surface area contributed by atoms with E-state index in [0.29, 0.717) is 5.82 Å². The standard InChI is InChI=1S/C7H12N4OS/c8-5-1-3-11(4-2-5)6-7(12)10-13-9-6/h5H,1-4,8H2,(H,10,12). The van der Waals surface area contributed by atoms with Crippen molar-refractivity contribution in [3.63, 3.8) is 0 Å². The highest BCUT2D eigenvalue weighted by molar-refractivity contribution is 6.99. The van der Waals surface area contributed by atoms with E-state index < -0.39 is 0 Å². The van der Waals surface area contributed by atoms with Gasteiger partial charge in [-0.05, 0) is 12.8 Å². The van der Waals surface area contributed by atoms with Crippen LogP contribution in [0.15, 0.2) is 4.79 Å². The summed E-state index contributed by atoms with van der Waals surface area (Å²) in [5.74, 6) is 0.553. The van der Waals surface area contributed by atoms with E-state index >= 15 is 0 Å². The lowest BCUT2D eigenvalue weighted by Crippen LogP contribution is -2.41. The first kappa shape index (κ1) is 8.71. The van der Waals surface area contributed by atoms with Gasteiger partial charge in [-0.1, -0.05) is 0 Å². The van der Waals surface area contributed by atoms with E-state index in [1.165, 1.54) is 0 Å². The molecule has 1 fully saturated rings. The van der Waals surface area contributed by atoms with Gasteiger partial charge >= 0.3 is 5.56 Å². The van der Waals surface area contributed by atoms with E-state index in [4.69, 9.17) is 5.73 Å². The van der Waals surface area contributed by atoms with Gasteiger partial charge in [0.15, 0.2) is 0 Å². The zero-order valence-electron chi connectivity index (χ0n) is 7.19. The van der Waals surface area contributed by atoms with Crippen LogP contribution in [0.2, 0.25) is 0 Å². The van der Waals surface area contributed by atoms with Gasteiger partial charge in [-0.25, -0.2) is 0 Å². The summed E-state index contributed by atoms with van der Waals surface area (Å²) < 4.78 is 6.60. The summed E-state index contributed by atoms with van der Waals surface area (Å²) in [6.07, 6.45) is 1.88. The minimum absolute atomic E-state index is 0.0829. The number of nitrogens with zero attached hydrogens (tertiary/aromatic N) is 2. The van der Waals surface area contributed by atoms with Crippen LogP contribution in [0, 0.1) is 0 Å². The van der Waals surface area contributed by atoms with Gasteiger partial charge in [0.2, 0.25) is 5.82 Å². The molecule has 6 heteroatoms. The maximum atomic E-state index is 11.2. The van der Waals surface area contributed by atoms with Crippen LogP contribution in [0.1, 0.15) is 12.8 Å². The van der Waals surface area contributed by atoms with Crippen LogP contribution in [-0.2, 0) is 0 Å². The number of piperidine rings is 1. The Balaban J connectivity index is 2.11. The van der Waals surface area contributed by atoms with Crippen molar-refractivity contribution in [1.82, 2.24) is 8.75 Å². The van der Waals surface area contributed by atoms with Gasteiger partial charge < -0.3 is 10.6 Å². The van der Waals surface area contributed by atoms with Crippen molar-refractivity contribution in [3.05, 3.63) is 10.4 Å². The molecule has 1 aromatic rings. The third-order valence-electron chi connectivity index (χ3n) is 2.31. The molecule has 0 atom stereocenters. The fourth-order valence-corrected chi connectivity index (χ4v) is 2.01. The van der Waals surface area contributed by atoms with E-state index in [0.717, 1.165) is 37.7 Å². The highest BCUT2D eigenvalue weighted by Crippen LogP contribution is 2.13. The van der Waals surface area contributed by atoms with Crippen LogP contribution in [0.25, 0.3) is 0 Å². The summed E-state index contributed by atoms with van der Waals surface area (Å²) in [5, 5.41) is 0. The van der Waals surface area contributed by atoms with Crippen LogP contribution in [0.4, 0.5) is 5.82 Å². The van der Waals surface area contributed by atoms with Crippen LogP contribution in [0.3, 0.4) is 0 Å². The van der Waals surface area contributed by atoms with Crippen molar-refractivity contribution in [3.8, 4) is 0 Å². The van der Waals surface area contributed by atoms with Gasteiger partial charge in [-0.3, -0.25) is 9.17 Å². The van der Waals surface area contributed by atoms with Crippen molar-refractivity contribution in [2.24, 2.45) is 5.73 Å². The Morgan fingerprint density at radius 3 is 2.77 bits per heavy atom. The number of hydrogen-bond donors (Lipinski definition) is 2. The molecule has 1 aliphatic heterocycles. The van der Waals surface area contributed by atoms with E-state index in [-0.39, 0.29) is 11.6 Å². The molecule has 1 saturated heterocycles. The van der Waals surface area contributed by atoms with Crippen molar-refractivity contribution in [1.29, 1.82) is 0 Å². The molecule has 13 heavy (non-hydrogen) atoms. The Labute approximate surface area is 79.9 Å². The van der Waals surface area contributed by atoms with Gasteiger partial charge in [-0.15, -0.1) is 0 Å². The Morgan fingerprint density at radius 2 is 2.23 bits per heavy atom. The molecule has 2 heterocycles. The van der Waals surface area contributed by atoms with Gasteiger partial charge in [0.25, 0.3) is 0 Å². The van der Waals surface area contributed by atoms with Gasteiger partial charge in [0.05, 0.1) is 0 Å². The first-order valence-corrected chi connectivity index (χ1v) is 5.09. The largest absolute Gasteiger partial charge is 0.351 e. The summed E-state index contributed by atoms with van der Waals surface area (Å²) in [5.41, 5.74) is 5.68. The quantitative estimate of drug-likeness (QED) is 0.656. The van der Waals surface area contributed by atoms with E-state index in [9.17, 15) is 4.79 Å². The summed E-state index contributed by atoms with van der Waals surface area (Å²) in [4.78, 5) is 13.2. The molecule has 2 rings (SSSR count). The zero-order chi connectivity index (χ0) is 9.26. The molecule has 0 aliphatic carbocycles. The molecular weight excluding hydrogens is 188 g/mol. The van der Waals surface area contributed by atoms with Crippen molar-refractivity contribution in [2.45, 2.75) is 18.9 Å². The van der Waals surface area contributed by atoms with Crippen LogP contribution >= 0.6 is 11.7 Å². The Bertz CT molecular complexity index is 325. The maximum Gasteiger partial charge on any atom is 0.302 e. The molecule has 5 nitrogen and oxygen atoms in total. The fraction of sp³-hybridized carbons (Fsp3) is 0.714. The summed E-state index contributed by atoms with van der Waals surface area (Å²) >= 11 is 1.10. The maximum absolute atomic E-state index is 11.2. The summed E-state index contributed by atoms with van der Waals surface area (Å²) in [6, 6.07) is 0.286. The lowest BCUT2D eigenvalue weighted by atomic mass is 10.1.